The number of hydrogen-bond donors (Lipinski definition) is 2. The maximum absolute atomic E-state index is 12.0. The number of rotatable bonds is 4. The molecule has 0 aliphatic carbocycles. The molecular weight excluding hydrogens is 440 g/mol. The molecule has 0 spiro atoms. The van der Waals surface area contributed by atoms with Crippen LogP contribution in [0.15, 0.2) is 52.5 Å². The van der Waals surface area contributed by atoms with Crippen molar-refractivity contribution >= 4 is 62.8 Å². The first-order chi connectivity index (χ1) is 12.4. The molecule has 5 nitrogen and oxygen atoms in total. The number of ether oxygens (including phenoxy) is 1. The standard InChI is InChI=1S/C18H12BrClN2O3S/c19-12-3-6-15(25-9-10-1-4-13(20)5-2-10)11(7-12)8-14-16(23)21-18(26)22-17(14)24/h1-8H,9H2,(H2,21,22,23,24,26). The van der Waals surface area contributed by atoms with Crippen LogP contribution in [0.25, 0.3) is 6.08 Å². The predicted octanol–water partition coefficient (Wildman–Crippen LogP) is 3.60. The average Bonchev–Trinajstić information content (AvgIpc) is 2.58. The first kappa shape index (κ1) is 18.6. The number of benzene rings is 2. The largest absolute Gasteiger partial charge is 0.488 e. The third-order valence-electron chi connectivity index (χ3n) is 3.52. The van der Waals surface area contributed by atoms with E-state index in [9.17, 15) is 9.59 Å². The quantitative estimate of drug-likeness (QED) is 0.423. The van der Waals surface area contributed by atoms with Crippen molar-refractivity contribution in [3.05, 3.63) is 68.7 Å². The van der Waals surface area contributed by atoms with Crippen molar-refractivity contribution in [1.82, 2.24) is 10.6 Å². The van der Waals surface area contributed by atoms with Gasteiger partial charge in [0, 0.05) is 15.1 Å². The van der Waals surface area contributed by atoms with E-state index < -0.39 is 11.8 Å². The van der Waals surface area contributed by atoms with Gasteiger partial charge in [0.2, 0.25) is 0 Å². The van der Waals surface area contributed by atoms with Crippen LogP contribution in [0, 0.1) is 0 Å². The second kappa shape index (κ2) is 7.99. The molecule has 132 valence electrons. The number of carbonyl (C=O) groups is 2. The lowest BCUT2D eigenvalue weighted by Crippen LogP contribution is -2.51. The first-order valence-corrected chi connectivity index (χ1v) is 9.05. The highest BCUT2D eigenvalue weighted by molar-refractivity contribution is 9.10. The zero-order valence-corrected chi connectivity index (χ0v) is 16.4. The van der Waals surface area contributed by atoms with Gasteiger partial charge >= 0.3 is 0 Å². The molecule has 1 fully saturated rings. The fourth-order valence-corrected chi connectivity index (χ4v) is 2.96. The van der Waals surface area contributed by atoms with Gasteiger partial charge in [0.15, 0.2) is 5.11 Å². The van der Waals surface area contributed by atoms with E-state index in [0.29, 0.717) is 22.9 Å². The van der Waals surface area contributed by atoms with Crippen molar-refractivity contribution in [3.63, 3.8) is 0 Å². The number of carbonyl (C=O) groups excluding carboxylic acids is 2. The summed E-state index contributed by atoms with van der Waals surface area (Å²) in [7, 11) is 0. The number of amides is 2. The molecule has 2 aromatic rings. The Hall–Kier alpha value is -2.22. The van der Waals surface area contributed by atoms with Gasteiger partial charge in [-0.3, -0.25) is 20.2 Å². The Kier molecular flexibility index (Phi) is 5.70. The Morgan fingerprint density at radius 3 is 2.38 bits per heavy atom. The molecule has 26 heavy (non-hydrogen) atoms. The third kappa shape index (κ3) is 4.49. The highest BCUT2D eigenvalue weighted by atomic mass is 79.9. The molecule has 3 rings (SSSR count). The molecule has 0 saturated carbocycles. The lowest BCUT2D eigenvalue weighted by Gasteiger charge is -2.17. The van der Waals surface area contributed by atoms with Gasteiger partial charge in [-0.15, -0.1) is 0 Å². The molecule has 0 bridgehead atoms. The topological polar surface area (TPSA) is 67.4 Å². The van der Waals surface area contributed by atoms with Gasteiger partial charge in [0.25, 0.3) is 11.8 Å². The van der Waals surface area contributed by atoms with Crippen LogP contribution < -0.4 is 15.4 Å². The van der Waals surface area contributed by atoms with Crippen molar-refractivity contribution in [2.75, 3.05) is 0 Å². The Morgan fingerprint density at radius 1 is 1.08 bits per heavy atom. The van der Waals surface area contributed by atoms with E-state index in [2.05, 4.69) is 26.6 Å². The molecule has 0 aromatic heterocycles. The van der Waals surface area contributed by atoms with Crippen LogP contribution in [-0.2, 0) is 16.2 Å². The lowest BCUT2D eigenvalue weighted by molar-refractivity contribution is -0.123. The van der Waals surface area contributed by atoms with Crippen molar-refractivity contribution in [1.29, 1.82) is 0 Å². The molecule has 1 saturated heterocycles. The predicted molar refractivity (Wildman–Crippen MR) is 107 cm³/mol. The van der Waals surface area contributed by atoms with Gasteiger partial charge in [-0.2, -0.15) is 0 Å². The fourth-order valence-electron chi connectivity index (χ4n) is 2.27. The van der Waals surface area contributed by atoms with Gasteiger partial charge < -0.3 is 4.74 Å². The average molecular weight is 452 g/mol. The Bertz CT molecular complexity index is 907. The zero-order chi connectivity index (χ0) is 18.7. The molecular formula is C18H12BrClN2O3S. The summed E-state index contributed by atoms with van der Waals surface area (Å²) in [6.45, 7) is 0.317. The molecule has 0 atom stereocenters. The van der Waals surface area contributed by atoms with E-state index in [1.54, 1.807) is 24.3 Å². The monoisotopic (exact) mass is 450 g/mol. The van der Waals surface area contributed by atoms with Crippen LogP contribution in [0.2, 0.25) is 5.02 Å². The second-order valence-electron chi connectivity index (χ2n) is 5.39. The number of hydrogen-bond acceptors (Lipinski definition) is 4. The Balaban J connectivity index is 1.87. The smallest absolute Gasteiger partial charge is 0.263 e. The third-order valence-corrected chi connectivity index (χ3v) is 4.47. The van der Waals surface area contributed by atoms with Crippen LogP contribution in [0.4, 0.5) is 0 Å². The van der Waals surface area contributed by atoms with E-state index in [4.69, 9.17) is 28.6 Å². The number of nitrogens with one attached hydrogen (secondary N) is 2. The van der Waals surface area contributed by atoms with E-state index >= 15 is 0 Å². The molecule has 0 radical (unpaired) electrons. The lowest BCUT2D eigenvalue weighted by atomic mass is 10.1. The van der Waals surface area contributed by atoms with E-state index in [1.165, 1.54) is 6.08 Å². The molecule has 1 aliphatic rings. The van der Waals surface area contributed by atoms with E-state index in [-0.39, 0.29) is 10.7 Å². The Labute approximate surface area is 168 Å². The number of halogens is 2. The van der Waals surface area contributed by atoms with Gasteiger partial charge in [-0.05, 0) is 54.2 Å². The molecule has 1 heterocycles. The summed E-state index contributed by atoms with van der Waals surface area (Å²) in [5.74, 6) is -0.575. The maximum atomic E-state index is 12.0. The number of thiocarbonyl (C=S) groups is 1. The molecule has 8 heteroatoms. The van der Waals surface area contributed by atoms with Crippen molar-refractivity contribution in [2.24, 2.45) is 0 Å². The van der Waals surface area contributed by atoms with Crippen LogP contribution >= 0.6 is 39.7 Å². The highest BCUT2D eigenvalue weighted by Gasteiger charge is 2.26. The summed E-state index contributed by atoms with van der Waals surface area (Å²) in [4.78, 5) is 24.1. The summed E-state index contributed by atoms with van der Waals surface area (Å²) in [6, 6.07) is 12.6. The Morgan fingerprint density at radius 2 is 1.73 bits per heavy atom. The maximum Gasteiger partial charge on any atom is 0.263 e. The van der Waals surface area contributed by atoms with Crippen LogP contribution in [-0.4, -0.2) is 16.9 Å². The summed E-state index contributed by atoms with van der Waals surface area (Å²) in [5, 5.41) is 5.45. The van der Waals surface area contributed by atoms with Gasteiger partial charge in [0.05, 0.1) is 0 Å². The molecule has 2 aromatic carbocycles. The minimum Gasteiger partial charge on any atom is -0.488 e. The summed E-state index contributed by atoms with van der Waals surface area (Å²) < 4.78 is 6.64. The molecule has 0 unspecified atom stereocenters. The van der Waals surface area contributed by atoms with Gasteiger partial charge in [-0.25, -0.2) is 0 Å². The minimum atomic E-state index is -0.553. The van der Waals surface area contributed by atoms with Crippen LogP contribution in [0.1, 0.15) is 11.1 Å². The van der Waals surface area contributed by atoms with Crippen molar-refractivity contribution in [3.8, 4) is 5.75 Å². The van der Waals surface area contributed by atoms with Gasteiger partial charge in [0.1, 0.15) is 17.9 Å². The van der Waals surface area contributed by atoms with Crippen LogP contribution in [0.3, 0.4) is 0 Å². The van der Waals surface area contributed by atoms with E-state index in [0.717, 1.165) is 10.0 Å². The van der Waals surface area contributed by atoms with E-state index in [1.807, 2.05) is 18.2 Å². The minimum absolute atomic E-state index is 0.00870. The van der Waals surface area contributed by atoms with Gasteiger partial charge in [-0.1, -0.05) is 39.7 Å². The normalized spacial score (nSPS) is 13.9. The molecule has 2 N–H and O–H groups in total. The van der Waals surface area contributed by atoms with Crippen LogP contribution in [0.5, 0.6) is 5.75 Å². The molecule has 2 amide bonds. The summed E-state index contributed by atoms with van der Waals surface area (Å²) in [6.07, 6.45) is 1.47. The summed E-state index contributed by atoms with van der Waals surface area (Å²) in [5.41, 5.74) is 1.48. The highest BCUT2D eigenvalue weighted by Crippen LogP contribution is 2.27. The van der Waals surface area contributed by atoms with Crippen molar-refractivity contribution < 1.29 is 14.3 Å². The zero-order valence-electron chi connectivity index (χ0n) is 13.2. The first-order valence-electron chi connectivity index (χ1n) is 7.47. The summed E-state index contributed by atoms with van der Waals surface area (Å²) >= 11 is 14.1. The molecule has 1 aliphatic heterocycles. The van der Waals surface area contributed by atoms with Crippen molar-refractivity contribution in [2.45, 2.75) is 6.61 Å². The fraction of sp³-hybridized carbons (Fsp3) is 0.0556. The second-order valence-corrected chi connectivity index (χ2v) is 7.15. The SMILES string of the molecule is O=C1NC(=S)NC(=O)C1=Cc1cc(Br)ccc1OCc1ccc(Cl)cc1.